The summed E-state index contributed by atoms with van der Waals surface area (Å²) in [5, 5.41) is 0. The minimum atomic E-state index is -4.60. The Kier molecular flexibility index (Phi) is 4.48. The molecule has 2 rings (SSSR count). The zero-order valence-corrected chi connectivity index (χ0v) is 12.9. The number of hydrogen-bond donors (Lipinski definition) is 3. The Morgan fingerprint density at radius 3 is 2.48 bits per heavy atom. The van der Waals surface area contributed by atoms with Crippen molar-refractivity contribution < 1.29 is 26.0 Å². The Labute approximate surface area is 130 Å². The molecule has 130 valence electrons. The summed E-state index contributed by atoms with van der Waals surface area (Å²) in [4.78, 5) is 0.189. The number of alkyl halides is 3. The quantitative estimate of drug-likeness (QED) is 0.549. The average molecular weight is 356 g/mol. The van der Waals surface area contributed by atoms with Gasteiger partial charge in [0.1, 0.15) is 16.8 Å². The molecular formula is C12H16F4N4O2S. The molecule has 2 atom stereocenters. The molecule has 0 bridgehead atoms. The lowest BCUT2D eigenvalue weighted by Gasteiger charge is -2.29. The van der Waals surface area contributed by atoms with E-state index in [2.05, 4.69) is 0 Å². The van der Waals surface area contributed by atoms with Crippen LogP contribution < -0.4 is 21.1 Å². The van der Waals surface area contributed by atoms with Gasteiger partial charge in [-0.2, -0.15) is 13.2 Å². The van der Waals surface area contributed by atoms with E-state index in [1.165, 1.54) is 0 Å². The molecule has 0 saturated carbocycles. The van der Waals surface area contributed by atoms with Crippen LogP contribution in [-0.2, 0) is 10.0 Å². The van der Waals surface area contributed by atoms with Gasteiger partial charge in [0.25, 0.3) is 0 Å². The number of anilines is 2. The topological polar surface area (TPSA) is 101 Å². The van der Waals surface area contributed by atoms with Crippen LogP contribution in [-0.4, -0.2) is 40.3 Å². The summed E-state index contributed by atoms with van der Waals surface area (Å²) in [6, 6.07) is -1.30. The fraction of sp³-hybridized carbons (Fsp3) is 0.500. The van der Waals surface area contributed by atoms with Gasteiger partial charge < -0.3 is 16.4 Å². The molecule has 23 heavy (non-hydrogen) atoms. The summed E-state index contributed by atoms with van der Waals surface area (Å²) in [7, 11) is -3.04. The van der Waals surface area contributed by atoms with E-state index in [9.17, 15) is 26.0 Å². The first-order chi connectivity index (χ1) is 10.5. The van der Waals surface area contributed by atoms with Gasteiger partial charge >= 0.3 is 6.18 Å². The van der Waals surface area contributed by atoms with E-state index in [0.717, 1.165) is 18.0 Å². The molecule has 6 nitrogen and oxygen atoms in total. The minimum absolute atomic E-state index is 0.211. The molecule has 1 aliphatic heterocycles. The summed E-state index contributed by atoms with van der Waals surface area (Å²) >= 11 is 0. The van der Waals surface area contributed by atoms with Gasteiger partial charge in [0.15, 0.2) is 0 Å². The molecule has 5 N–H and O–H groups in total. The predicted octanol–water partition coefficient (Wildman–Crippen LogP) is 0.784. The SMILES string of the molecule is CNS(=O)(=O)c1cc(F)cc(N2C[C@H](N)C[C@H]2C(F)(F)F)c1N. The summed E-state index contributed by atoms with van der Waals surface area (Å²) in [6.07, 6.45) is -4.98. The molecule has 1 aromatic carbocycles. The first-order valence-corrected chi connectivity index (χ1v) is 8.07. The highest BCUT2D eigenvalue weighted by Crippen LogP contribution is 2.40. The van der Waals surface area contributed by atoms with E-state index in [-0.39, 0.29) is 18.7 Å². The Morgan fingerprint density at radius 1 is 1.35 bits per heavy atom. The third-order valence-corrected chi connectivity index (χ3v) is 5.12. The van der Waals surface area contributed by atoms with Crippen LogP contribution in [0.1, 0.15) is 6.42 Å². The largest absolute Gasteiger partial charge is 0.408 e. The highest BCUT2D eigenvalue weighted by molar-refractivity contribution is 7.89. The van der Waals surface area contributed by atoms with Crippen LogP contribution in [0.3, 0.4) is 0 Å². The van der Waals surface area contributed by atoms with Crippen molar-refractivity contribution in [1.82, 2.24) is 4.72 Å². The Hall–Kier alpha value is -1.59. The van der Waals surface area contributed by atoms with Crippen molar-refractivity contribution in [2.45, 2.75) is 29.6 Å². The lowest BCUT2D eigenvalue weighted by Crippen LogP contribution is -2.41. The molecule has 0 unspecified atom stereocenters. The molecule has 0 aromatic heterocycles. The van der Waals surface area contributed by atoms with Crippen molar-refractivity contribution in [1.29, 1.82) is 0 Å². The highest BCUT2D eigenvalue weighted by atomic mass is 32.2. The van der Waals surface area contributed by atoms with Crippen LogP contribution in [0.15, 0.2) is 17.0 Å². The van der Waals surface area contributed by atoms with Crippen molar-refractivity contribution in [2.75, 3.05) is 24.2 Å². The van der Waals surface area contributed by atoms with Gasteiger partial charge in [0.05, 0.1) is 11.4 Å². The Bertz CT molecular complexity index is 708. The number of nitrogens with two attached hydrogens (primary N) is 2. The Balaban J connectivity index is 2.60. The van der Waals surface area contributed by atoms with Gasteiger partial charge in [0.2, 0.25) is 10.0 Å². The average Bonchev–Trinajstić information content (AvgIpc) is 2.82. The van der Waals surface area contributed by atoms with Crippen molar-refractivity contribution in [3.8, 4) is 0 Å². The third-order valence-electron chi connectivity index (χ3n) is 3.66. The summed E-state index contributed by atoms with van der Waals surface area (Å²) in [5.74, 6) is -1.01. The van der Waals surface area contributed by atoms with Gasteiger partial charge in [-0.25, -0.2) is 17.5 Å². The van der Waals surface area contributed by atoms with Gasteiger partial charge in [-0.1, -0.05) is 0 Å². The van der Waals surface area contributed by atoms with Gasteiger partial charge in [0, 0.05) is 12.6 Å². The monoisotopic (exact) mass is 356 g/mol. The highest BCUT2D eigenvalue weighted by Gasteiger charge is 2.49. The predicted molar refractivity (Wildman–Crippen MR) is 76.8 cm³/mol. The minimum Gasteiger partial charge on any atom is -0.396 e. The van der Waals surface area contributed by atoms with E-state index < -0.39 is 44.7 Å². The third kappa shape index (κ3) is 3.35. The van der Waals surface area contributed by atoms with E-state index in [4.69, 9.17) is 11.5 Å². The molecule has 1 heterocycles. The normalized spacial score (nSPS) is 22.6. The lowest BCUT2D eigenvalue weighted by molar-refractivity contribution is -0.146. The first kappa shape index (κ1) is 17.8. The Morgan fingerprint density at radius 2 is 1.96 bits per heavy atom. The van der Waals surface area contributed by atoms with Crippen LogP contribution in [0.2, 0.25) is 0 Å². The number of sulfonamides is 1. The van der Waals surface area contributed by atoms with Crippen LogP contribution in [0.25, 0.3) is 0 Å². The number of rotatable bonds is 3. The van der Waals surface area contributed by atoms with Crippen molar-refractivity contribution in [3.05, 3.63) is 17.9 Å². The van der Waals surface area contributed by atoms with Gasteiger partial charge in [-0.05, 0) is 25.6 Å². The first-order valence-electron chi connectivity index (χ1n) is 6.59. The maximum atomic E-state index is 13.8. The molecule has 0 radical (unpaired) electrons. The molecule has 1 aliphatic rings. The van der Waals surface area contributed by atoms with Gasteiger partial charge in [-0.15, -0.1) is 0 Å². The summed E-state index contributed by atoms with van der Waals surface area (Å²) in [5.41, 5.74) is 10.5. The van der Waals surface area contributed by atoms with E-state index in [1.807, 2.05) is 4.72 Å². The van der Waals surface area contributed by atoms with Gasteiger partial charge in [-0.3, -0.25) is 0 Å². The summed E-state index contributed by atoms with van der Waals surface area (Å²) < 4.78 is 78.9. The van der Waals surface area contributed by atoms with E-state index in [0.29, 0.717) is 6.07 Å². The maximum absolute atomic E-state index is 13.8. The molecule has 1 fully saturated rings. The number of hydrogen-bond acceptors (Lipinski definition) is 5. The molecule has 1 aromatic rings. The smallest absolute Gasteiger partial charge is 0.396 e. The number of benzene rings is 1. The van der Waals surface area contributed by atoms with Crippen molar-refractivity contribution >= 4 is 21.4 Å². The van der Waals surface area contributed by atoms with Crippen LogP contribution in [0.4, 0.5) is 28.9 Å². The van der Waals surface area contributed by atoms with Crippen molar-refractivity contribution in [2.24, 2.45) is 5.73 Å². The molecule has 11 heteroatoms. The van der Waals surface area contributed by atoms with Crippen LogP contribution in [0, 0.1) is 5.82 Å². The maximum Gasteiger partial charge on any atom is 0.408 e. The molecule has 0 spiro atoms. The zero-order valence-electron chi connectivity index (χ0n) is 12.1. The molecule has 1 saturated heterocycles. The number of halogens is 4. The fourth-order valence-corrected chi connectivity index (χ4v) is 3.48. The number of nitrogens with zero attached hydrogens (tertiary/aromatic N) is 1. The summed E-state index contributed by atoms with van der Waals surface area (Å²) in [6.45, 7) is -0.211. The zero-order chi connectivity index (χ0) is 17.6. The fourth-order valence-electron chi connectivity index (χ4n) is 2.59. The molecule has 0 amide bonds. The van der Waals surface area contributed by atoms with E-state index >= 15 is 0 Å². The molecule has 0 aliphatic carbocycles. The number of nitrogen functional groups attached to an aromatic ring is 1. The second-order valence-corrected chi connectivity index (χ2v) is 7.10. The van der Waals surface area contributed by atoms with E-state index in [1.54, 1.807) is 0 Å². The van der Waals surface area contributed by atoms with Crippen LogP contribution >= 0.6 is 0 Å². The number of nitrogens with one attached hydrogen (secondary N) is 1. The standard InChI is InChI=1S/C12H16F4N4O2S/c1-19-23(21,22)9-3-6(13)2-8(11(9)18)20-5-7(17)4-10(20)12(14,15)16/h2-3,7,10,19H,4-5,17-18H2,1H3/t7-,10+/m1/s1. The second-order valence-electron chi connectivity index (χ2n) is 5.25. The second kappa shape index (κ2) is 5.80. The van der Waals surface area contributed by atoms with Crippen LogP contribution in [0.5, 0.6) is 0 Å². The van der Waals surface area contributed by atoms with Crippen molar-refractivity contribution in [3.63, 3.8) is 0 Å². The molecular weight excluding hydrogens is 340 g/mol. The lowest BCUT2D eigenvalue weighted by atomic mass is 10.1.